The van der Waals surface area contributed by atoms with E-state index in [2.05, 4.69) is 27.8 Å². The summed E-state index contributed by atoms with van der Waals surface area (Å²) >= 11 is 0. The Balaban J connectivity index is 2.10. The Hall–Kier alpha value is -1.86. The van der Waals surface area contributed by atoms with E-state index in [0.717, 1.165) is 13.0 Å². The number of aromatic nitrogens is 1. The molecule has 4 nitrogen and oxygen atoms in total. The lowest BCUT2D eigenvalue weighted by Gasteiger charge is -2.34. The van der Waals surface area contributed by atoms with Gasteiger partial charge in [0.1, 0.15) is 0 Å². The van der Waals surface area contributed by atoms with Crippen molar-refractivity contribution in [3.8, 4) is 11.8 Å². The molecule has 0 unspecified atom stereocenters. The Labute approximate surface area is 145 Å². The molecule has 24 heavy (non-hydrogen) atoms. The predicted molar refractivity (Wildman–Crippen MR) is 95.3 cm³/mol. The molecule has 2 rings (SSSR count). The first-order valence-electron chi connectivity index (χ1n) is 8.94. The highest BCUT2D eigenvalue weighted by atomic mass is 16.6. The first-order valence-corrected chi connectivity index (χ1v) is 8.94. The lowest BCUT2D eigenvalue weighted by atomic mass is 9.96. The zero-order valence-electron chi connectivity index (χ0n) is 15.0. The molecule has 1 fully saturated rings. The molecular formula is C20H28N2O2. The molecule has 0 saturated carbocycles. The number of pyridine rings is 1. The second kappa shape index (κ2) is 8.84. The molecule has 1 aliphatic heterocycles. The summed E-state index contributed by atoms with van der Waals surface area (Å²) in [5.74, 6) is 6.25. The lowest BCUT2D eigenvalue weighted by molar-refractivity contribution is -0.152. The summed E-state index contributed by atoms with van der Waals surface area (Å²) in [5.41, 5.74) is 0.613. The minimum atomic E-state index is -0.647. The maximum Gasteiger partial charge on any atom is 0.304 e. The number of piperidine rings is 1. The van der Waals surface area contributed by atoms with Crippen LogP contribution in [0, 0.1) is 11.8 Å². The lowest BCUT2D eigenvalue weighted by Crippen LogP contribution is -2.35. The van der Waals surface area contributed by atoms with Crippen LogP contribution >= 0.6 is 0 Å². The third-order valence-corrected chi connectivity index (χ3v) is 4.76. The molecule has 0 aromatic carbocycles. The Morgan fingerprint density at radius 1 is 1.42 bits per heavy atom. The van der Waals surface area contributed by atoms with Crippen LogP contribution in [0.2, 0.25) is 0 Å². The standard InChI is InChI=1S/C20H28N2O2/c1-4-20(5-2,24-17(3)23)12-9-15-22-14-7-6-11-19(22)18-10-8-13-21-16-18/h8,10,13,16,19H,4-7,11,14-15H2,1-3H3/t19-/m0/s1. The van der Waals surface area contributed by atoms with Gasteiger partial charge in [0.2, 0.25) is 0 Å². The van der Waals surface area contributed by atoms with Gasteiger partial charge in [0.25, 0.3) is 0 Å². The van der Waals surface area contributed by atoms with Crippen LogP contribution in [0.25, 0.3) is 0 Å². The van der Waals surface area contributed by atoms with E-state index in [9.17, 15) is 4.79 Å². The minimum Gasteiger partial charge on any atom is -0.446 e. The quantitative estimate of drug-likeness (QED) is 0.610. The van der Waals surface area contributed by atoms with Crippen molar-refractivity contribution in [1.82, 2.24) is 9.88 Å². The minimum absolute atomic E-state index is 0.265. The SMILES string of the molecule is CCC(C#CCN1CCCC[C@H]1c1cccnc1)(CC)OC(C)=O. The van der Waals surface area contributed by atoms with Crippen LogP contribution in [-0.2, 0) is 9.53 Å². The van der Waals surface area contributed by atoms with E-state index in [-0.39, 0.29) is 5.97 Å². The fraction of sp³-hybridized carbons (Fsp3) is 0.600. The van der Waals surface area contributed by atoms with Crippen molar-refractivity contribution in [2.75, 3.05) is 13.1 Å². The summed E-state index contributed by atoms with van der Waals surface area (Å²) in [6.07, 6.45) is 8.78. The summed E-state index contributed by atoms with van der Waals surface area (Å²) in [7, 11) is 0. The molecule has 0 amide bonds. The van der Waals surface area contributed by atoms with E-state index in [4.69, 9.17) is 4.74 Å². The van der Waals surface area contributed by atoms with Crippen LogP contribution < -0.4 is 0 Å². The monoisotopic (exact) mass is 328 g/mol. The van der Waals surface area contributed by atoms with E-state index in [1.165, 1.54) is 25.3 Å². The summed E-state index contributed by atoms with van der Waals surface area (Å²) in [5, 5.41) is 0. The number of nitrogens with zero attached hydrogens (tertiary/aromatic N) is 2. The largest absolute Gasteiger partial charge is 0.446 e. The zero-order valence-corrected chi connectivity index (χ0v) is 15.0. The van der Waals surface area contributed by atoms with Crippen LogP contribution in [-0.4, -0.2) is 34.5 Å². The molecule has 0 spiro atoms. The molecule has 1 aromatic heterocycles. The summed E-state index contributed by atoms with van der Waals surface area (Å²) in [6.45, 7) is 7.22. The second-order valence-electron chi connectivity index (χ2n) is 6.37. The summed E-state index contributed by atoms with van der Waals surface area (Å²) < 4.78 is 5.50. The van der Waals surface area contributed by atoms with Crippen LogP contribution in [0.4, 0.5) is 0 Å². The molecule has 4 heteroatoms. The maximum atomic E-state index is 11.4. The van der Waals surface area contributed by atoms with Crippen molar-refractivity contribution in [3.05, 3.63) is 30.1 Å². The van der Waals surface area contributed by atoms with E-state index in [1.807, 2.05) is 32.3 Å². The molecular weight excluding hydrogens is 300 g/mol. The van der Waals surface area contributed by atoms with Gasteiger partial charge in [-0.15, -0.1) is 0 Å². The van der Waals surface area contributed by atoms with Gasteiger partial charge in [-0.25, -0.2) is 0 Å². The normalized spacial score (nSPS) is 18.5. The molecule has 1 aliphatic rings. The van der Waals surface area contributed by atoms with Crippen molar-refractivity contribution >= 4 is 5.97 Å². The van der Waals surface area contributed by atoms with Crippen molar-refractivity contribution < 1.29 is 9.53 Å². The fourth-order valence-corrected chi connectivity index (χ4v) is 3.30. The van der Waals surface area contributed by atoms with Gasteiger partial charge >= 0.3 is 5.97 Å². The molecule has 0 radical (unpaired) electrons. The van der Waals surface area contributed by atoms with Gasteiger partial charge in [-0.3, -0.25) is 14.7 Å². The van der Waals surface area contributed by atoms with Crippen molar-refractivity contribution in [2.45, 2.75) is 64.5 Å². The number of likely N-dealkylation sites (tertiary alicyclic amines) is 1. The number of carbonyl (C=O) groups is 1. The van der Waals surface area contributed by atoms with E-state index >= 15 is 0 Å². The third kappa shape index (κ3) is 4.82. The number of hydrogen-bond acceptors (Lipinski definition) is 4. The highest BCUT2D eigenvalue weighted by Gasteiger charge is 2.27. The van der Waals surface area contributed by atoms with Gasteiger partial charge in [-0.2, -0.15) is 0 Å². The fourth-order valence-electron chi connectivity index (χ4n) is 3.30. The van der Waals surface area contributed by atoms with E-state index in [1.54, 1.807) is 0 Å². The molecule has 1 atom stereocenters. The van der Waals surface area contributed by atoms with Crippen LogP contribution in [0.15, 0.2) is 24.5 Å². The number of rotatable bonds is 5. The predicted octanol–water partition coefficient (Wildman–Crippen LogP) is 3.73. The van der Waals surface area contributed by atoms with Gasteiger partial charge in [0, 0.05) is 25.4 Å². The number of esters is 1. The molecule has 2 heterocycles. The summed E-state index contributed by atoms with van der Waals surface area (Å²) in [6, 6.07) is 4.52. The van der Waals surface area contributed by atoms with Crippen molar-refractivity contribution in [3.63, 3.8) is 0 Å². The smallest absolute Gasteiger partial charge is 0.304 e. The average Bonchev–Trinajstić information content (AvgIpc) is 2.61. The van der Waals surface area contributed by atoms with Gasteiger partial charge in [0.15, 0.2) is 5.60 Å². The van der Waals surface area contributed by atoms with E-state index in [0.29, 0.717) is 25.4 Å². The Morgan fingerprint density at radius 2 is 2.21 bits per heavy atom. The Morgan fingerprint density at radius 3 is 2.83 bits per heavy atom. The van der Waals surface area contributed by atoms with E-state index < -0.39 is 5.60 Å². The number of carbonyl (C=O) groups excluding carboxylic acids is 1. The number of ether oxygens (including phenoxy) is 1. The van der Waals surface area contributed by atoms with Crippen molar-refractivity contribution in [1.29, 1.82) is 0 Å². The van der Waals surface area contributed by atoms with Gasteiger partial charge in [-0.05, 0) is 43.9 Å². The highest BCUT2D eigenvalue weighted by Crippen LogP contribution is 2.30. The molecule has 1 aromatic rings. The number of hydrogen-bond donors (Lipinski definition) is 0. The average molecular weight is 328 g/mol. The molecule has 0 aliphatic carbocycles. The molecule has 130 valence electrons. The first-order chi connectivity index (χ1) is 11.6. The van der Waals surface area contributed by atoms with Gasteiger partial charge < -0.3 is 4.74 Å². The highest BCUT2D eigenvalue weighted by molar-refractivity contribution is 5.67. The maximum absolute atomic E-state index is 11.4. The van der Waals surface area contributed by atoms with Gasteiger partial charge in [0.05, 0.1) is 6.54 Å². The van der Waals surface area contributed by atoms with Crippen LogP contribution in [0.3, 0.4) is 0 Å². The Kier molecular flexibility index (Phi) is 6.81. The zero-order chi connectivity index (χ0) is 17.4. The topological polar surface area (TPSA) is 42.4 Å². The molecule has 0 N–H and O–H groups in total. The molecule has 0 bridgehead atoms. The van der Waals surface area contributed by atoms with Crippen LogP contribution in [0.1, 0.15) is 64.5 Å². The van der Waals surface area contributed by atoms with Crippen molar-refractivity contribution in [2.24, 2.45) is 0 Å². The second-order valence-corrected chi connectivity index (χ2v) is 6.37. The summed E-state index contributed by atoms with van der Waals surface area (Å²) in [4.78, 5) is 18.0. The van der Waals surface area contributed by atoms with Gasteiger partial charge in [-0.1, -0.05) is 38.2 Å². The Bertz CT molecular complexity index is 585. The first kappa shape index (κ1) is 18.5. The molecule has 1 saturated heterocycles. The third-order valence-electron chi connectivity index (χ3n) is 4.76. The van der Waals surface area contributed by atoms with Crippen LogP contribution in [0.5, 0.6) is 0 Å².